The third-order valence-electron chi connectivity index (χ3n) is 2.48. The molecule has 16 heavy (non-hydrogen) atoms. The van der Waals surface area contributed by atoms with Gasteiger partial charge in [-0.25, -0.2) is 4.98 Å². The third-order valence-corrected chi connectivity index (χ3v) is 3.59. The second-order valence-electron chi connectivity index (χ2n) is 3.83. The molecule has 0 saturated carbocycles. The summed E-state index contributed by atoms with van der Waals surface area (Å²) in [6.07, 6.45) is 3.72. The topological polar surface area (TPSA) is 52.0 Å². The molecule has 0 aliphatic carbocycles. The van der Waals surface area contributed by atoms with Gasteiger partial charge in [0.2, 0.25) is 0 Å². The molecular formula is C12H16N2OS. The van der Waals surface area contributed by atoms with Crippen LogP contribution in [0, 0.1) is 6.92 Å². The van der Waals surface area contributed by atoms with Crippen LogP contribution in [-0.4, -0.2) is 4.98 Å². The van der Waals surface area contributed by atoms with E-state index in [9.17, 15) is 0 Å². The Hall–Kier alpha value is -1.13. The average Bonchev–Trinajstić information content (AvgIpc) is 2.86. The van der Waals surface area contributed by atoms with Gasteiger partial charge in [0.15, 0.2) is 5.76 Å². The lowest BCUT2D eigenvalue weighted by Gasteiger charge is -2.04. The molecule has 2 aromatic rings. The minimum atomic E-state index is 0.0532. The first-order valence-corrected chi connectivity index (χ1v) is 6.30. The molecule has 0 radical (unpaired) electrons. The van der Waals surface area contributed by atoms with Gasteiger partial charge in [-0.1, -0.05) is 13.3 Å². The van der Waals surface area contributed by atoms with E-state index < -0.39 is 0 Å². The van der Waals surface area contributed by atoms with Crippen LogP contribution < -0.4 is 5.73 Å². The summed E-state index contributed by atoms with van der Waals surface area (Å²) >= 11 is 1.66. The van der Waals surface area contributed by atoms with Gasteiger partial charge in [-0.2, -0.15) is 0 Å². The number of nitrogens with two attached hydrogens (primary N) is 1. The zero-order valence-electron chi connectivity index (χ0n) is 9.56. The number of hydrogen-bond donors (Lipinski definition) is 1. The number of furan rings is 1. The number of aromatic nitrogens is 1. The van der Waals surface area contributed by atoms with Crippen LogP contribution in [0.2, 0.25) is 0 Å². The van der Waals surface area contributed by atoms with Gasteiger partial charge in [-0.15, -0.1) is 11.3 Å². The first-order valence-electron chi connectivity index (χ1n) is 5.49. The summed E-state index contributed by atoms with van der Waals surface area (Å²) < 4.78 is 5.36. The van der Waals surface area contributed by atoms with Crippen molar-refractivity contribution in [3.05, 3.63) is 28.3 Å². The fourth-order valence-electron chi connectivity index (χ4n) is 1.65. The van der Waals surface area contributed by atoms with Gasteiger partial charge < -0.3 is 10.2 Å². The Labute approximate surface area is 99.3 Å². The minimum Gasteiger partial charge on any atom is -0.463 e. The number of thiazole rings is 1. The summed E-state index contributed by atoms with van der Waals surface area (Å²) in [7, 11) is 0. The highest BCUT2D eigenvalue weighted by atomic mass is 32.1. The molecule has 1 unspecified atom stereocenters. The van der Waals surface area contributed by atoms with Crippen LogP contribution in [0.4, 0.5) is 0 Å². The number of aryl methyl sites for hydroxylation is 1. The predicted molar refractivity (Wildman–Crippen MR) is 66.4 cm³/mol. The van der Waals surface area contributed by atoms with E-state index in [1.165, 1.54) is 0 Å². The highest BCUT2D eigenvalue weighted by Gasteiger charge is 2.15. The molecule has 86 valence electrons. The lowest BCUT2D eigenvalue weighted by Crippen LogP contribution is -2.09. The second-order valence-corrected chi connectivity index (χ2v) is 5.06. The van der Waals surface area contributed by atoms with Crippen molar-refractivity contribution in [3.8, 4) is 11.5 Å². The first kappa shape index (κ1) is 11.4. The Morgan fingerprint density at radius 2 is 2.38 bits per heavy atom. The van der Waals surface area contributed by atoms with Gasteiger partial charge in [-0.05, 0) is 25.5 Å². The van der Waals surface area contributed by atoms with Crippen LogP contribution in [0.1, 0.15) is 35.7 Å². The molecular weight excluding hydrogens is 220 g/mol. The maximum Gasteiger partial charge on any atom is 0.153 e. The highest BCUT2D eigenvalue weighted by molar-refractivity contribution is 7.12. The summed E-state index contributed by atoms with van der Waals surface area (Å²) in [5.74, 6) is 0.823. The third kappa shape index (κ3) is 2.18. The molecule has 0 aliphatic heterocycles. The van der Waals surface area contributed by atoms with Gasteiger partial charge in [0.05, 0.1) is 12.3 Å². The van der Waals surface area contributed by atoms with Crippen molar-refractivity contribution in [1.82, 2.24) is 4.98 Å². The first-order chi connectivity index (χ1) is 7.72. The van der Waals surface area contributed by atoms with Gasteiger partial charge in [-0.3, -0.25) is 0 Å². The highest BCUT2D eigenvalue weighted by Crippen LogP contribution is 2.31. The van der Waals surface area contributed by atoms with Crippen molar-refractivity contribution in [3.63, 3.8) is 0 Å². The van der Waals surface area contributed by atoms with Crippen molar-refractivity contribution >= 4 is 11.3 Å². The molecule has 0 aromatic carbocycles. The number of hydrogen-bond acceptors (Lipinski definition) is 4. The molecule has 2 N–H and O–H groups in total. The summed E-state index contributed by atoms with van der Waals surface area (Å²) in [6, 6.07) is 3.86. The van der Waals surface area contributed by atoms with Crippen LogP contribution in [0.15, 0.2) is 22.8 Å². The fourth-order valence-corrected chi connectivity index (χ4v) is 2.61. The lowest BCUT2D eigenvalue weighted by molar-refractivity contribution is 0.578. The quantitative estimate of drug-likeness (QED) is 0.883. The fraction of sp³-hybridized carbons (Fsp3) is 0.417. The van der Waals surface area contributed by atoms with E-state index in [1.807, 2.05) is 12.1 Å². The molecule has 3 nitrogen and oxygen atoms in total. The Bertz CT molecular complexity index is 448. The molecule has 2 aromatic heterocycles. The van der Waals surface area contributed by atoms with Crippen LogP contribution in [-0.2, 0) is 0 Å². The SMILES string of the molecule is CCCC(N)c1nc(-c2ccco2)c(C)s1. The van der Waals surface area contributed by atoms with E-state index in [1.54, 1.807) is 17.6 Å². The molecule has 0 spiro atoms. The van der Waals surface area contributed by atoms with Crippen LogP contribution >= 0.6 is 11.3 Å². The minimum absolute atomic E-state index is 0.0532. The predicted octanol–water partition coefficient (Wildman–Crippen LogP) is 3.51. The maximum absolute atomic E-state index is 6.06. The number of nitrogens with zero attached hydrogens (tertiary/aromatic N) is 1. The molecule has 0 bridgehead atoms. The van der Waals surface area contributed by atoms with E-state index in [0.29, 0.717) is 0 Å². The second kappa shape index (κ2) is 4.80. The smallest absolute Gasteiger partial charge is 0.153 e. The van der Waals surface area contributed by atoms with E-state index in [2.05, 4.69) is 18.8 Å². The van der Waals surface area contributed by atoms with Gasteiger partial charge in [0.25, 0.3) is 0 Å². The lowest BCUT2D eigenvalue weighted by atomic mass is 10.2. The molecule has 0 fully saturated rings. The van der Waals surface area contributed by atoms with Gasteiger partial charge in [0.1, 0.15) is 10.7 Å². The molecule has 0 amide bonds. The maximum atomic E-state index is 6.06. The molecule has 4 heteroatoms. The normalized spacial score (nSPS) is 12.9. The van der Waals surface area contributed by atoms with Crippen molar-refractivity contribution in [2.75, 3.05) is 0 Å². The van der Waals surface area contributed by atoms with Crippen molar-refractivity contribution in [2.45, 2.75) is 32.7 Å². The summed E-state index contributed by atoms with van der Waals surface area (Å²) in [4.78, 5) is 5.73. The molecule has 0 aliphatic rings. The van der Waals surface area contributed by atoms with Crippen LogP contribution in [0.25, 0.3) is 11.5 Å². The monoisotopic (exact) mass is 236 g/mol. The van der Waals surface area contributed by atoms with Crippen molar-refractivity contribution < 1.29 is 4.42 Å². The summed E-state index contributed by atoms with van der Waals surface area (Å²) in [5, 5.41) is 1.01. The molecule has 1 atom stereocenters. The summed E-state index contributed by atoms with van der Waals surface area (Å²) in [5.41, 5.74) is 6.99. The van der Waals surface area contributed by atoms with E-state index in [-0.39, 0.29) is 6.04 Å². The standard InChI is InChI=1S/C12H16N2OS/c1-3-5-9(13)12-14-11(8(2)16-12)10-6-4-7-15-10/h4,6-7,9H,3,5,13H2,1-2H3. The van der Waals surface area contributed by atoms with Gasteiger partial charge >= 0.3 is 0 Å². The summed E-state index contributed by atoms with van der Waals surface area (Å²) in [6.45, 7) is 4.19. The molecule has 0 saturated heterocycles. The number of rotatable bonds is 4. The Kier molecular flexibility index (Phi) is 3.41. The average molecular weight is 236 g/mol. The van der Waals surface area contributed by atoms with Crippen molar-refractivity contribution in [1.29, 1.82) is 0 Å². The Balaban J connectivity index is 2.29. The van der Waals surface area contributed by atoms with Crippen molar-refractivity contribution in [2.24, 2.45) is 5.73 Å². The largest absolute Gasteiger partial charge is 0.463 e. The zero-order valence-corrected chi connectivity index (χ0v) is 10.4. The van der Waals surface area contributed by atoms with Gasteiger partial charge in [0, 0.05) is 4.88 Å². The van der Waals surface area contributed by atoms with Crippen LogP contribution in [0.5, 0.6) is 0 Å². The Morgan fingerprint density at radius 3 is 3.00 bits per heavy atom. The van der Waals surface area contributed by atoms with E-state index in [4.69, 9.17) is 10.2 Å². The zero-order chi connectivity index (χ0) is 11.5. The van der Waals surface area contributed by atoms with E-state index in [0.717, 1.165) is 34.2 Å². The van der Waals surface area contributed by atoms with E-state index >= 15 is 0 Å². The van der Waals surface area contributed by atoms with Crippen LogP contribution in [0.3, 0.4) is 0 Å². The Morgan fingerprint density at radius 1 is 1.56 bits per heavy atom. The molecule has 2 rings (SSSR count). The molecule has 2 heterocycles.